The number of benzene rings is 1. The van der Waals surface area contributed by atoms with Crippen LogP contribution in [0, 0.1) is 0 Å². The second kappa shape index (κ2) is 4.93. The molecular weight excluding hydrogens is 298 g/mol. The number of aromatic nitrogens is 2. The van der Waals surface area contributed by atoms with Crippen molar-refractivity contribution in [2.24, 2.45) is 0 Å². The molecular formula is C16H15N3O2S. The highest BCUT2D eigenvalue weighted by molar-refractivity contribution is 7.89. The normalized spacial score (nSPS) is 15.3. The highest BCUT2D eigenvalue weighted by Gasteiger charge is 2.27. The van der Waals surface area contributed by atoms with Gasteiger partial charge in [-0.05, 0) is 37.1 Å². The molecule has 112 valence electrons. The van der Waals surface area contributed by atoms with Gasteiger partial charge in [-0.3, -0.25) is 0 Å². The summed E-state index contributed by atoms with van der Waals surface area (Å²) < 4.78 is 28.9. The van der Waals surface area contributed by atoms with E-state index in [-0.39, 0.29) is 6.04 Å². The second-order valence-corrected chi connectivity index (χ2v) is 7.23. The molecule has 0 radical (unpaired) electrons. The molecule has 2 heterocycles. The van der Waals surface area contributed by atoms with Crippen LogP contribution in [0.1, 0.15) is 12.8 Å². The molecule has 5 nitrogen and oxygen atoms in total. The Balaban J connectivity index is 1.66. The van der Waals surface area contributed by atoms with Crippen LogP contribution in [0.4, 0.5) is 0 Å². The highest BCUT2D eigenvalue weighted by atomic mass is 32.2. The van der Waals surface area contributed by atoms with Crippen LogP contribution in [0.2, 0.25) is 0 Å². The molecule has 0 atom stereocenters. The third-order valence-electron chi connectivity index (χ3n) is 3.72. The van der Waals surface area contributed by atoms with E-state index in [0.717, 1.165) is 29.7 Å². The Bertz CT molecular complexity index is 892. The van der Waals surface area contributed by atoms with Gasteiger partial charge in [0.15, 0.2) is 0 Å². The van der Waals surface area contributed by atoms with E-state index >= 15 is 0 Å². The third kappa shape index (κ3) is 2.51. The molecule has 1 N–H and O–H groups in total. The van der Waals surface area contributed by atoms with Gasteiger partial charge in [-0.2, -0.15) is 0 Å². The van der Waals surface area contributed by atoms with E-state index in [0.29, 0.717) is 4.90 Å². The fraction of sp³-hybridized carbons (Fsp3) is 0.188. The molecule has 1 aliphatic carbocycles. The molecule has 3 aromatic rings. The van der Waals surface area contributed by atoms with Crippen molar-refractivity contribution in [3.63, 3.8) is 0 Å². The Kier molecular flexibility index (Phi) is 3.02. The smallest absolute Gasteiger partial charge is 0.240 e. The summed E-state index contributed by atoms with van der Waals surface area (Å²) >= 11 is 0. The van der Waals surface area contributed by atoms with Crippen molar-refractivity contribution in [1.82, 2.24) is 14.1 Å². The van der Waals surface area contributed by atoms with Crippen molar-refractivity contribution >= 4 is 15.7 Å². The molecule has 0 bridgehead atoms. The average Bonchev–Trinajstić information content (AvgIpc) is 3.21. The van der Waals surface area contributed by atoms with Crippen LogP contribution >= 0.6 is 0 Å². The summed E-state index contributed by atoms with van der Waals surface area (Å²) in [5.74, 6) is 0. The lowest BCUT2D eigenvalue weighted by Gasteiger charge is -2.05. The van der Waals surface area contributed by atoms with Crippen molar-refractivity contribution in [2.45, 2.75) is 23.8 Å². The summed E-state index contributed by atoms with van der Waals surface area (Å²) in [6, 6.07) is 12.8. The van der Waals surface area contributed by atoms with E-state index in [9.17, 15) is 8.42 Å². The summed E-state index contributed by atoms with van der Waals surface area (Å²) in [7, 11) is -3.40. The molecule has 6 heteroatoms. The van der Waals surface area contributed by atoms with Crippen molar-refractivity contribution in [3.8, 4) is 11.3 Å². The Morgan fingerprint density at radius 1 is 1.09 bits per heavy atom. The third-order valence-corrected chi connectivity index (χ3v) is 5.26. The summed E-state index contributed by atoms with van der Waals surface area (Å²) in [6.45, 7) is 0. The van der Waals surface area contributed by atoms with Gasteiger partial charge in [-0.25, -0.2) is 18.1 Å². The quantitative estimate of drug-likeness (QED) is 0.804. The molecule has 2 aromatic heterocycles. The minimum absolute atomic E-state index is 0.114. The topological polar surface area (TPSA) is 63.5 Å². The van der Waals surface area contributed by atoms with Crippen LogP contribution in [0.25, 0.3) is 16.9 Å². The predicted octanol–water partition coefficient (Wildman–Crippen LogP) is 2.44. The van der Waals surface area contributed by atoms with Gasteiger partial charge in [0.2, 0.25) is 10.0 Å². The van der Waals surface area contributed by atoms with Crippen molar-refractivity contribution in [1.29, 1.82) is 0 Å². The molecule has 0 unspecified atom stereocenters. The van der Waals surface area contributed by atoms with Crippen molar-refractivity contribution in [3.05, 3.63) is 54.9 Å². The van der Waals surface area contributed by atoms with Gasteiger partial charge in [0.25, 0.3) is 0 Å². The number of fused-ring (bicyclic) bond motifs is 1. The van der Waals surface area contributed by atoms with E-state index in [1.54, 1.807) is 24.3 Å². The van der Waals surface area contributed by atoms with Gasteiger partial charge in [-0.15, -0.1) is 0 Å². The maximum absolute atomic E-state index is 12.1. The maximum Gasteiger partial charge on any atom is 0.240 e. The minimum atomic E-state index is -3.40. The molecule has 1 saturated carbocycles. The molecule has 1 aromatic carbocycles. The van der Waals surface area contributed by atoms with E-state index in [2.05, 4.69) is 9.71 Å². The number of rotatable bonds is 4. The SMILES string of the molecule is O=S(=O)(NC1CC1)c1ccc(-c2cn3ccccc3n2)cc1. The Morgan fingerprint density at radius 2 is 1.86 bits per heavy atom. The monoisotopic (exact) mass is 313 g/mol. The van der Waals surface area contributed by atoms with Crippen LogP contribution < -0.4 is 4.72 Å². The first-order chi connectivity index (χ1) is 10.6. The molecule has 0 spiro atoms. The van der Waals surface area contributed by atoms with Crippen LogP contribution in [0.5, 0.6) is 0 Å². The molecule has 1 aliphatic rings. The second-order valence-electron chi connectivity index (χ2n) is 5.51. The zero-order chi connectivity index (χ0) is 15.2. The zero-order valence-corrected chi connectivity index (χ0v) is 12.6. The van der Waals surface area contributed by atoms with Gasteiger partial charge in [0.05, 0.1) is 10.6 Å². The summed E-state index contributed by atoms with van der Waals surface area (Å²) in [4.78, 5) is 4.83. The Labute approximate surface area is 128 Å². The number of hydrogen-bond acceptors (Lipinski definition) is 3. The first-order valence-corrected chi connectivity index (χ1v) is 8.67. The van der Waals surface area contributed by atoms with Crippen LogP contribution in [0.15, 0.2) is 59.8 Å². The molecule has 0 aliphatic heterocycles. The van der Waals surface area contributed by atoms with E-state index in [1.807, 2.05) is 35.0 Å². The summed E-state index contributed by atoms with van der Waals surface area (Å²) in [6.07, 6.45) is 5.72. The number of hydrogen-bond donors (Lipinski definition) is 1. The Hall–Kier alpha value is -2.18. The maximum atomic E-state index is 12.1. The molecule has 1 fully saturated rings. The molecule has 0 saturated heterocycles. The average molecular weight is 313 g/mol. The minimum Gasteiger partial charge on any atom is -0.306 e. The van der Waals surface area contributed by atoms with Gasteiger partial charge in [0.1, 0.15) is 5.65 Å². The van der Waals surface area contributed by atoms with E-state index in [1.165, 1.54) is 0 Å². The number of sulfonamides is 1. The fourth-order valence-corrected chi connectivity index (χ4v) is 3.67. The largest absolute Gasteiger partial charge is 0.306 e. The zero-order valence-electron chi connectivity index (χ0n) is 11.8. The first kappa shape index (κ1) is 13.5. The lowest BCUT2D eigenvalue weighted by Crippen LogP contribution is -2.25. The predicted molar refractivity (Wildman–Crippen MR) is 84.0 cm³/mol. The lowest BCUT2D eigenvalue weighted by atomic mass is 10.2. The molecule has 4 rings (SSSR count). The van der Waals surface area contributed by atoms with Gasteiger partial charge in [0, 0.05) is 24.0 Å². The highest BCUT2D eigenvalue weighted by Crippen LogP contribution is 2.24. The van der Waals surface area contributed by atoms with Gasteiger partial charge in [-0.1, -0.05) is 18.2 Å². The lowest BCUT2D eigenvalue weighted by molar-refractivity contribution is 0.581. The molecule has 0 amide bonds. The summed E-state index contributed by atoms with van der Waals surface area (Å²) in [5.41, 5.74) is 2.59. The fourth-order valence-electron chi connectivity index (χ4n) is 2.37. The number of imidazole rings is 1. The van der Waals surface area contributed by atoms with Crippen LogP contribution in [0.3, 0.4) is 0 Å². The Morgan fingerprint density at radius 3 is 2.55 bits per heavy atom. The number of nitrogens with one attached hydrogen (secondary N) is 1. The van der Waals surface area contributed by atoms with Crippen LogP contribution in [-0.4, -0.2) is 23.8 Å². The molecule has 22 heavy (non-hydrogen) atoms. The van der Waals surface area contributed by atoms with Gasteiger partial charge >= 0.3 is 0 Å². The van der Waals surface area contributed by atoms with E-state index in [4.69, 9.17) is 0 Å². The van der Waals surface area contributed by atoms with Gasteiger partial charge < -0.3 is 4.40 Å². The standard InChI is InChI=1S/C16H15N3O2S/c20-22(21,18-13-6-7-13)14-8-4-12(5-9-14)15-11-19-10-2-1-3-16(19)17-15/h1-5,8-11,13,18H,6-7H2. The van der Waals surface area contributed by atoms with Crippen molar-refractivity contribution < 1.29 is 8.42 Å². The van der Waals surface area contributed by atoms with Crippen LogP contribution in [-0.2, 0) is 10.0 Å². The van der Waals surface area contributed by atoms with Crippen molar-refractivity contribution in [2.75, 3.05) is 0 Å². The van der Waals surface area contributed by atoms with E-state index < -0.39 is 10.0 Å². The number of pyridine rings is 1. The summed E-state index contributed by atoms with van der Waals surface area (Å²) in [5, 5.41) is 0. The number of nitrogens with zero attached hydrogens (tertiary/aromatic N) is 2. The first-order valence-electron chi connectivity index (χ1n) is 7.18.